The van der Waals surface area contributed by atoms with Crippen molar-refractivity contribution in [2.45, 2.75) is 6.18 Å². The van der Waals surface area contributed by atoms with Gasteiger partial charge in [-0.2, -0.15) is 13.2 Å². The van der Waals surface area contributed by atoms with Gasteiger partial charge >= 0.3 is 6.18 Å². The highest BCUT2D eigenvalue weighted by Crippen LogP contribution is 2.34. The predicted molar refractivity (Wildman–Crippen MR) is 53.1 cm³/mol. The van der Waals surface area contributed by atoms with Crippen LogP contribution in [0.3, 0.4) is 0 Å². The van der Waals surface area contributed by atoms with E-state index >= 15 is 0 Å². The van der Waals surface area contributed by atoms with Gasteiger partial charge in [-0.1, -0.05) is 0 Å². The number of benzene rings is 1. The van der Waals surface area contributed by atoms with E-state index in [0.29, 0.717) is 6.07 Å². The maximum absolute atomic E-state index is 12.6. The molecule has 0 saturated carbocycles. The van der Waals surface area contributed by atoms with E-state index < -0.39 is 39.6 Å². The molecule has 0 saturated heterocycles. The van der Waals surface area contributed by atoms with Crippen LogP contribution in [0.2, 0.25) is 0 Å². The molecule has 1 rings (SSSR count). The molecule has 0 aliphatic rings. The lowest BCUT2D eigenvalue weighted by atomic mass is 10.0. The molecule has 0 aliphatic carbocycles. The smallest absolute Gasteiger partial charge is 0.293 e. The number of Topliss-reactive ketones (excluding diaryl/α,β-unsaturated/α-hetero) is 1. The van der Waals surface area contributed by atoms with Crippen LogP contribution in [-0.2, 0) is 6.18 Å². The topological polar surface area (TPSA) is 60.2 Å². The minimum absolute atomic E-state index is 0.319. The molecular weight excluding hydrogens is 263 g/mol. The molecule has 0 aromatic heterocycles. The van der Waals surface area contributed by atoms with Crippen molar-refractivity contribution < 1.29 is 22.9 Å². The average Bonchev–Trinajstić information content (AvgIpc) is 2.26. The minimum atomic E-state index is -4.84. The molecule has 0 heterocycles. The first-order chi connectivity index (χ1) is 7.77. The fourth-order valence-corrected chi connectivity index (χ4v) is 1.34. The Morgan fingerprint density at radius 1 is 1.41 bits per heavy atom. The van der Waals surface area contributed by atoms with Gasteiger partial charge in [-0.25, -0.2) is 0 Å². The SMILES string of the molecule is O=C(CCl)c1ccc([N+](=O)[O-])cc1C(F)(F)F. The number of carbonyl (C=O) groups excluding carboxylic acids is 1. The number of rotatable bonds is 3. The van der Waals surface area contributed by atoms with E-state index in [-0.39, 0.29) is 0 Å². The van der Waals surface area contributed by atoms with E-state index in [0.717, 1.165) is 12.1 Å². The van der Waals surface area contributed by atoms with Crippen LogP contribution in [0.4, 0.5) is 18.9 Å². The Bertz CT molecular complexity index is 473. The molecule has 0 aliphatic heterocycles. The van der Waals surface area contributed by atoms with Gasteiger partial charge in [0.2, 0.25) is 0 Å². The van der Waals surface area contributed by atoms with Gasteiger partial charge in [0.15, 0.2) is 5.78 Å². The predicted octanol–water partition coefficient (Wildman–Crippen LogP) is 3.04. The Kier molecular flexibility index (Phi) is 3.72. The first-order valence-electron chi connectivity index (χ1n) is 4.22. The second kappa shape index (κ2) is 4.70. The third-order valence-corrected chi connectivity index (χ3v) is 2.18. The molecular formula is C9H5ClF3NO3. The number of halogens is 4. The van der Waals surface area contributed by atoms with Gasteiger partial charge in [-0.05, 0) is 6.07 Å². The summed E-state index contributed by atoms with van der Waals surface area (Å²) in [6.07, 6.45) is -4.84. The number of hydrogen-bond acceptors (Lipinski definition) is 3. The molecule has 0 unspecified atom stereocenters. The third kappa shape index (κ3) is 2.94. The van der Waals surface area contributed by atoms with Crippen LogP contribution in [0.1, 0.15) is 15.9 Å². The van der Waals surface area contributed by atoms with Crippen molar-refractivity contribution >= 4 is 23.1 Å². The van der Waals surface area contributed by atoms with Gasteiger partial charge in [0.25, 0.3) is 5.69 Å². The number of alkyl halides is 4. The Hall–Kier alpha value is -1.63. The average molecular weight is 268 g/mol. The Morgan fingerprint density at radius 2 is 2.00 bits per heavy atom. The molecule has 0 atom stereocenters. The van der Waals surface area contributed by atoms with Gasteiger partial charge in [-0.3, -0.25) is 14.9 Å². The Balaban J connectivity index is 3.42. The van der Waals surface area contributed by atoms with Crippen LogP contribution in [-0.4, -0.2) is 16.6 Å². The number of nitro benzene ring substituents is 1. The van der Waals surface area contributed by atoms with Gasteiger partial charge in [0.05, 0.1) is 16.4 Å². The summed E-state index contributed by atoms with van der Waals surface area (Å²) in [6, 6.07) is 1.90. The Morgan fingerprint density at radius 3 is 2.41 bits per heavy atom. The molecule has 8 heteroatoms. The molecule has 0 amide bonds. The quantitative estimate of drug-likeness (QED) is 0.366. The highest BCUT2D eigenvalue weighted by molar-refractivity contribution is 6.30. The van der Waals surface area contributed by atoms with Gasteiger partial charge in [-0.15, -0.1) is 11.6 Å². The molecule has 0 bridgehead atoms. The van der Waals surface area contributed by atoms with Crippen molar-refractivity contribution in [3.8, 4) is 0 Å². The van der Waals surface area contributed by atoms with Crippen LogP contribution in [0.5, 0.6) is 0 Å². The summed E-state index contributed by atoms with van der Waals surface area (Å²) in [5.41, 5.74) is -2.75. The number of nitro groups is 1. The summed E-state index contributed by atoms with van der Waals surface area (Å²) in [7, 11) is 0. The molecule has 1 aromatic rings. The van der Waals surface area contributed by atoms with E-state index in [2.05, 4.69) is 0 Å². The highest BCUT2D eigenvalue weighted by Gasteiger charge is 2.36. The zero-order valence-corrected chi connectivity index (χ0v) is 8.88. The lowest BCUT2D eigenvalue weighted by Crippen LogP contribution is -2.14. The van der Waals surface area contributed by atoms with E-state index in [4.69, 9.17) is 11.6 Å². The normalized spacial score (nSPS) is 11.3. The van der Waals surface area contributed by atoms with Gasteiger partial charge < -0.3 is 0 Å². The summed E-state index contributed by atoms with van der Waals surface area (Å²) in [6.45, 7) is 0. The zero-order chi connectivity index (χ0) is 13.2. The van der Waals surface area contributed by atoms with Gasteiger partial charge in [0.1, 0.15) is 0 Å². The van der Waals surface area contributed by atoms with Crippen molar-refractivity contribution in [3.63, 3.8) is 0 Å². The fraction of sp³-hybridized carbons (Fsp3) is 0.222. The summed E-state index contributed by atoms with van der Waals surface area (Å²) < 4.78 is 37.7. The lowest BCUT2D eigenvalue weighted by Gasteiger charge is -2.10. The van der Waals surface area contributed by atoms with E-state index in [1.54, 1.807) is 0 Å². The van der Waals surface area contributed by atoms with Crippen LogP contribution < -0.4 is 0 Å². The van der Waals surface area contributed by atoms with Crippen molar-refractivity contribution in [1.29, 1.82) is 0 Å². The first-order valence-corrected chi connectivity index (χ1v) is 4.75. The van der Waals surface area contributed by atoms with E-state index in [9.17, 15) is 28.1 Å². The number of nitrogens with zero attached hydrogens (tertiary/aromatic N) is 1. The van der Waals surface area contributed by atoms with Crippen molar-refractivity contribution in [1.82, 2.24) is 0 Å². The van der Waals surface area contributed by atoms with E-state index in [1.807, 2.05) is 0 Å². The highest BCUT2D eigenvalue weighted by atomic mass is 35.5. The minimum Gasteiger partial charge on any atom is -0.293 e. The second-order valence-electron chi connectivity index (χ2n) is 3.04. The summed E-state index contributed by atoms with van der Waals surface area (Å²) in [4.78, 5) is 20.6. The van der Waals surface area contributed by atoms with Crippen LogP contribution >= 0.6 is 11.6 Å². The van der Waals surface area contributed by atoms with Crippen LogP contribution in [0, 0.1) is 10.1 Å². The number of non-ortho nitro benzene ring substituents is 1. The second-order valence-corrected chi connectivity index (χ2v) is 3.31. The summed E-state index contributed by atoms with van der Waals surface area (Å²) in [5, 5.41) is 10.4. The largest absolute Gasteiger partial charge is 0.417 e. The van der Waals surface area contributed by atoms with Crippen LogP contribution in [0.25, 0.3) is 0 Å². The third-order valence-electron chi connectivity index (χ3n) is 1.94. The van der Waals surface area contributed by atoms with Crippen molar-refractivity contribution in [3.05, 3.63) is 39.4 Å². The van der Waals surface area contributed by atoms with Crippen molar-refractivity contribution in [2.75, 3.05) is 5.88 Å². The number of hydrogen-bond donors (Lipinski definition) is 0. The maximum atomic E-state index is 12.6. The zero-order valence-electron chi connectivity index (χ0n) is 8.12. The first kappa shape index (κ1) is 13.4. The number of carbonyl (C=O) groups is 1. The molecule has 0 radical (unpaired) electrons. The van der Waals surface area contributed by atoms with E-state index in [1.165, 1.54) is 0 Å². The summed E-state index contributed by atoms with van der Waals surface area (Å²) in [5.74, 6) is -1.56. The molecule has 4 nitrogen and oxygen atoms in total. The standard InChI is InChI=1S/C9H5ClF3NO3/c10-4-8(15)6-2-1-5(14(16)17)3-7(6)9(11,12)13/h1-3H,4H2. The lowest BCUT2D eigenvalue weighted by molar-refractivity contribution is -0.385. The van der Waals surface area contributed by atoms with Crippen molar-refractivity contribution in [2.24, 2.45) is 0 Å². The molecule has 92 valence electrons. The molecule has 0 N–H and O–H groups in total. The molecule has 0 fully saturated rings. The summed E-state index contributed by atoms with van der Waals surface area (Å²) >= 11 is 5.16. The van der Waals surface area contributed by atoms with Gasteiger partial charge in [0, 0.05) is 17.7 Å². The molecule has 1 aromatic carbocycles. The molecule has 0 spiro atoms. The molecule has 17 heavy (non-hydrogen) atoms. The maximum Gasteiger partial charge on any atom is 0.417 e. The monoisotopic (exact) mass is 267 g/mol. The fourth-order valence-electron chi connectivity index (χ4n) is 1.20. The Labute approximate surface area is 98.1 Å². The van der Waals surface area contributed by atoms with Crippen LogP contribution in [0.15, 0.2) is 18.2 Å². The number of ketones is 1.